The molecule has 5 nitrogen and oxygen atoms in total. The molecule has 0 aliphatic rings. The molecule has 1 unspecified atom stereocenters. The lowest BCUT2D eigenvalue weighted by molar-refractivity contribution is -0.144. The Bertz CT molecular complexity index is 229. The second kappa shape index (κ2) is 6.40. The molecule has 88 valence electrons. The van der Waals surface area contributed by atoms with E-state index in [1.165, 1.54) is 0 Å². The standard InChI is InChI=1S/C10H19NO4/c1-2-3-4-6-10(11,9(14)15)7-5-8(12)13/h2-7,11H2,1H3,(H,12,13)(H,14,15). The van der Waals surface area contributed by atoms with E-state index < -0.39 is 17.5 Å². The van der Waals surface area contributed by atoms with Crippen molar-refractivity contribution in [2.24, 2.45) is 5.73 Å². The molecule has 0 aromatic heterocycles. The molecular formula is C10H19NO4. The smallest absolute Gasteiger partial charge is 0.323 e. The molecule has 15 heavy (non-hydrogen) atoms. The van der Waals surface area contributed by atoms with Crippen LogP contribution in [0.4, 0.5) is 0 Å². The fourth-order valence-corrected chi connectivity index (χ4v) is 1.36. The van der Waals surface area contributed by atoms with Crippen molar-refractivity contribution in [3.63, 3.8) is 0 Å². The van der Waals surface area contributed by atoms with Crippen LogP contribution in [-0.4, -0.2) is 27.7 Å². The van der Waals surface area contributed by atoms with Crippen molar-refractivity contribution in [1.29, 1.82) is 0 Å². The van der Waals surface area contributed by atoms with E-state index in [2.05, 4.69) is 0 Å². The highest BCUT2D eigenvalue weighted by Crippen LogP contribution is 2.18. The number of unbranched alkanes of at least 4 members (excludes halogenated alkanes) is 2. The fraction of sp³-hybridized carbons (Fsp3) is 0.800. The van der Waals surface area contributed by atoms with Crippen LogP contribution in [0, 0.1) is 0 Å². The van der Waals surface area contributed by atoms with Crippen LogP contribution < -0.4 is 5.73 Å². The molecule has 0 heterocycles. The topological polar surface area (TPSA) is 101 Å². The number of carbonyl (C=O) groups is 2. The second-order valence-corrected chi connectivity index (χ2v) is 3.81. The maximum Gasteiger partial charge on any atom is 0.323 e. The van der Waals surface area contributed by atoms with Crippen molar-refractivity contribution < 1.29 is 19.8 Å². The summed E-state index contributed by atoms with van der Waals surface area (Å²) in [5, 5.41) is 17.4. The zero-order chi connectivity index (χ0) is 11.9. The van der Waals surface area contributed by atoms with Gasteiger partial charge in [-0.3, -0.25) is 9.59 Å². The Labute approximate surface area is 89.3 Å². The monoisotopic (exact) mass is 217 g/mol. The van der Waals surface area contributed by atoms with E-state index in [1.54, 1.807) is 0 Å². The predicted molar refractivity (Wildman–Crippen MR) is 55.6 cm³/mol. The van der Waals surface area contributed by atoms with Crippen LogP contribution in [0.25, 0.3) is 0 Å². The Hall–Kier alpha value is -1.10. The summed E-state index contributed by atoms with van der Waals surface area (Å²) in [6.45, 7) is 2.01. The third kappa shape index (κ3) is 5.37. The molecule has 4 N–H and O–H groups in total. The maximum atomic E-state index is 10.9. The number of carboxylic acid groups (broad SMARTS) is 2. The molecule has 0 aliphatic heterocycles. The number of carboxylic acids is 2. The number of aliphatic carboxylic acids is 2. The van der Waals surface area contributed by atoms with Crippen molar-refractivity contribution >= 4 is 11.9 Å². The third-order valence-corrected chi connectivity index (χ3v) is 2.44. The normalized spacial score (nSPS) is 14.5. The summed E-state index contributed by atoms with van der Waals surface area (Å²) in [7, 11) is 0. The van der Waals surface area contributed by atoms with E-state index in [9.17, 15) is 9.59 Å². The van der Waals surface area contributed by atoms with Gasteiger partial charge in [0.05, 0.1) is 0 Å². The van der Waals surface area contributed by atoms with Crippen molar-refractivity contribution in [1.82, 2.24) is 0 Å². The zero-order valence-electron chi connectivity index (χ0n) is 9.03. The Kier molecular flexibility index (Phi) is 5.93. The first-order valence-corrected chi connectivity index (χ1v) is 5.16. The van der Waals surface area contributed by atoms with Gasteiger partial charge in [0.2, 0.25) is 0 Å². The Morgan fingerprint density at radius 3 is 2.20 bits per heavy atom. The van der Waals surface area contributed by atoms with E-state index in [0.29, 0.717) is 6.42 Å². The molecule has 1 atom stereocenters. The molecule has 0 aromatic rings. The van der Waals surface area contributed by atoms with Gasteiger partial charge in [0.15, 0.2) is 0 Å². The fourth-order valence-electron chi connectivity index (χ4n) is 1.36. The molecule has 0 amide bonds. The Balaban J connectivity index is 4.19. The third-order valence-electron chi connectivity index (χ3n) is 2.44. The van der Waals surface area contributed by atoms with Gasteiger partial charge < -0.3 is 15.9 Å². The van der Waals surface area contributed by atoms with Crippen molar-refractivity contribution in [2.45, 2.75) is 51.0 Å². The lowest BCUT2D eigenvalue weighted by Crippen LogP contribution is -2.48. The van der Waals surface area contributed by atoms with Crippen LogP contribution in [0.15, 0.2) is 0 Å². The lowest BCUT2D eigenvalue weighted by atomic mass is 9.88. The average molecular weight is 217 g/mol. The summed E-state index contributed by atoms with van der Waals surface area (Å²) in [6.07, 6.45) is 2.74. The van der Waals surface area contributed by atoms with Gasteiger partial charge >= 0.3 is 11.9 Å². The van der Waals surface area contributed by atoms with E-state index in [4.69, 9.17) is 15.9 Å². The molecule has 0 radical (unpaired) electrons. The van der Waals surface area contributed by atoms with Gasteiger partial charge in [-0.1, -0.05) is 26.2 Å². The molecule has 0 aliphatic carbocycles. The van der Waals surface area contributed by atoms with Crippen molar-refractivity contribution in [3.8, 4) is 0 Å². The summed E-state index contributed by atoms with van der Waals surface area (Å²) < 4.78 is 0. The minimum absolute atomic E-state index is 0.0125. The molecule has 0 aromatic carbocycles. The number of hydrogen-bond donors (Lipinski definition) is 3. The van der Waals surface area contributed by atoms with E-state index >= 15 is 0 Å². The number of nitrogens with two attached hydrogens (primary N) is 1. The van der Waals surface area contributed by atoms with Gasteiger partial charge in [-0.15, -0.1) is 0 Å². The first-order valence-electron chi connectivity index (χ1n) is 5.16. The summed E-state index contributed by atoms with van der Waals surface area (Å²) in [5.41, 5.74) is 4.29. The predicted octanol–water partition coefficient (Wildman–Crippen LogP) is 1.21. The minimum atomic E-state index is -1.38. The summed E-state index contributed by atoms with van der Waals surface area (Å²) in [6, 6.07) is 0. The highest BCUT2D eigenvalue weighted by atomic mass is 16.4. The highest BCUT2D eigenvalue weighted by Gasteiger charge is 2.33. The van der Waals surface area contributed by atoms with Gasteiger partial charge in [-0.05, 0) is 12.8 Å². The van der Waals surface area contributed by atoms with Crippen LogP contribution in [-0.2, 0) is 9.59 Å². The molecule has 0 saturated heterocycles. The highest BCUT2D eigenvalue weighted by molar-refractivity contribution is 5.79. The number of hydrogen-bond acceptors (Lipinski definition) is 3. The van der Waals surface area contributed by atoms with Crippen LogP contribution in [0.2, 0.25) is 0 Å². The summed E-state index contributed by atoms with van der Waals surface area (Å²) in [4.78, 5) is 21.3. The van der Waals surface area contributed by atoms with Crippen LogP contribution >= 0.6 is 0 Å². The van der Waals surface area contributed by atoms with E-state index in [1.807, 2.05) is 6.92 Å². The average Bonchev–Trinajstić information content (AvgIpc) is 2.15. The second-order valence-electron chi connectivity index (χ2n) is 3.81. The summed E-state index contributed by atoms with van der Waals surface area (Å²) in [5.74, 6) is -2.12. The van der Waals surface area contributed by atoms with Crippen LogP contribution in [0.1, 0.15) is 45.4 Å². The zero-order valence-corrected chi connectivity index (χ0v) is 9.03. The first-order chi connectivity index (χ1) is 6.92. The first kappa shape index (κ1) is 13.9. The Morgan fingerprint density at radius 2 is 1.80 bits per heavy atom. The molecule has 0 bridgehead atoms. The van der Waals surface area contributed by atoms with Crippen LogP contribution in [0.5, 0.6) is 0 Å². The SMILES string of the molecule is CCCCCC(N)(CCC(=O)O)C(=O)O. The van der Waals surface area contributed by atoms with E-state index in [-0.39, 0.29) is 12.8 Å². The van der Waals surface area contributed by atoms with Gasteiger partial charge in [0, 0.05) is 6.42 Å². The summed E-state index contributed by atoms with van der Waals surface area (Å²) >= 11 is 0. The molecular weight excluding hydrogens is 198 g/mol. The molecule has 0 saturated carbocycles. The number of rotatable bonds is 8. The van der Waals surface area contributed by atoms with Gasteiger partial charge in [-0.25, -0.2) is 0 Å². The molecule has 0 fully saturated rings. The van der Waals surface area contributed by atoms with Crippen molar-refractivity contribution in [3.05, 3.63) is 0 Å². The molecule has 0 spiro atoms. The van der Waals surface area contributed by atoms with Gasteiger partial charge in [0.1, 0.15) is 5.54 Å². The van der Waals surface area contributed by atoms with Crippen LogP contribution in [0.3, 0.4) is 0 Å². The lowest BCUT2D eigenvalue weighted by Gasteiger charge is -2.23. The molecule has 0 rings (SSSR count). The van der Waals surface area contributed by atoms with Crippen molar-refractivity contribution in [2.75, 3.05) is 0 Å². The van der Waals surface area contributed by atoms with E-state index in [0.717, 1.165) is 19.3 Å². The quantitative estimate of drug-likeness (QED) is 0.530. The van der Waals surface area contributed by atoms with Gasteiger partial charge in [0.25, 0.3) is 0 Å². The molecule has 5 heteroatoms. The maximum absolute atomic E-state index is 10.9. The van der Waals surface area contributed by atoms with Gasteiger partial charge in [-0.2, -0.15) is 0 Å². The largest absolute Gasteiger partial charge is 0.481 e. The Morgan fingerprint density at radius 1 is 1.20 bits per heavy atom. The minimum Gasteiger partial charge on any atom is -0.481 e.